The van der Waals surface area contributed by atoms with E-state index in [1.54, 1.807) is 0 Å². The Morgan fingerprint density at radius 2 is 1.05 bits per heavy atom. The van der Waals surface area contributed by atoms with Gasteiger partial charge in [-0.1, -0.05) is 154 Å². The third-order valence-electron chi connectivity index (χ3n) is 9.09. The van der Waals surface area contributed by atoms with Gasteiger partial charge in [-0.15, -0.1) is 0 Å². The fraction of sp³-hybridized carbons (Fsp3) is 0.571. The molecule has 1 heterocycles. The largest absolute Gasteiger partial charge is 0.493 e. The second-order valence-corrected chi connectivity index (χ2v) is 13.0. The number of nitrogens with zero attached hydrogens (tertiary/aromatic N) is 2. The normalized spacial score (nSPS) is 13.4. The predicted octanol–water partition coefficient (Wildman–Crippen LogP) is 13.6. The molecule has 0 bridgehead atoms. The molecule has 0 atom stereocenters. The van der Waals surface area contributed by atoms with Crippen molar-refractivity contribution in [2.24, 2.45) is 0 Å². The first kappa shape index (κ1) is 35.7. The average Bonchev–Trinajstić information content (AvgIpc) is 3.38. The summed E-state index contributed by atoms with van der Waals surface area (Å²) >= 11 is 0. The van der Waals surface area contributed by atoms with Crippen LogP contribution in [0.15, 0.2) is 72.3 Å². The van der Waals surface area contributed by atoms with Crippen LogP contribution in [-0.4, -0.2) is 4.70 Å². The van der Waals surface area contributed by atoms with Crippen molar-refractivity contribution < 1.29 is 4.70 Å². The third kappa shape index (κ3) is 12.7. The van der Waals surface area contributed by atoms with Gasteiger partial charge >= 0.3 is 0 Å². The highest BCUT2D eigenvalue weighted by atomic mass is 15.2. The molecular weight excluding hydrogens is 532 g/mol. The zero-order valence-corrected chi connectivity index (χ0v) is 28.6. The second kappa shape index (κ2) is 21.9. The number of rotatable bonds is 24. The second-order valence-electron chi connectivity index (χ2n) is 13.0. The summed E-state index contributed by atoms with van der Waals surface area (Å²) in [6.45, 7) is 6.77. The van der Waals surface area contributed by atoms with Crippen LogP contribution in [0.1, 0.15) is 165 Å². The van der Waals surface area contributed by atoms with Gasteiger partial charge in [-0.2, -0.15) is 0 Å². The number of hydrogen-bond donors (Lipinski definition) is 0. The van der Waals surface area contributed by atoms with E-state index in [9.17, 15) is 5.53 Å². The molecule has 0 saturated carbocycles. The van der Waals surface area contributed by atoms with Crippen molar-refractivity contribution in [3.8, 4) is 0 Å². The van der Waals surface area contributed by atoms with Gasteiger partial charge in [-0.3, -0.25) is 0 Å². The van der Waals surface area contributed by atoms with E-state index in [1.807, 2.05) is 0 Å². The number of aryl methyl sites for hydroxylation is 2. The summed E-state index contributed by atoms with van der Waals surface area (Å²) in [5.74, 6) is 0. The fourth-order valence-electron chi connectivity index (χ4n) is 6.33. The number of allylic oxidation sites excluding steroid dienone is 4. The lowest BCUT2D eigenvalue weighted by Gasteiger charge is -2.11. The van der Waals surface area contributed by atoms with Gasteiger partial charge < -0.3 is 5.53 Å². The molecular formula is C42H62N2. The quantitative estimate of drug-likeness (QED) is 0.0853. The molecule has 2 nitrogen and oxygen atoms in total. The van der Waals surface area contributed by atoms with Crippen LogP contribution in [0, 0.1) is 0 Å². The Morgan fingerprint density at radius 1 is 0.568 bits per heavy atom. The molecule has 0 saturated heterocycles. The Bertz CT molecular complexity index is 1200. The van der Waals surface area contributed by atoms with Gasteiger partial charge in [0.1, 0.15) is 0 Å². The molecule has 0 aromatic heterocycles. The van der Waals surface area contributed by atoms with E-state index in [4.69, 9.17) is 0 Å². The average molecular weight is 595 g/mol. The van der Waals surface area contributed by atoms with E-state index in [1.165, 1.54) is 131 Å². The van der Waals surface area contributed by atoms with Crippen LogP contribution in [0.3, 0.4) is 0 Å². The Balaban J connectivity index is 1.53. The first-order chi connectivity index (χ1) is 21.7. The molecule has 2 heteroatoms. The monoisotopic (exact) mass is 594 g/mol. The van der Waals surface area contributed by atoms with Gasteiger partial charge in [-0.25, -0.2) is 4.70 Å². The number of unbranched alkanes of at least 4 members (excludes halogenated alkanes) is 16. The first-order valence-corrected chi connectivity index (χ1v) is 18.5. The Morgan fingerprint density at radius 3 is 1.59 bits per heavy atom. The molecule has 1 aliphatic rings. The standard InChI is InChI=1S/C42H62N2/c1-4-7-10-11-12-13-14-15-16-17-18-19-20-21-22-23-30-40-35-41(38-31-24-28-36(33-38)26-8-5-2)44(43)42(40)39-32-25-29-37(34-39)27-9-6-3/h23-25,28-35H,4-22,26-27H2,1-3H3. The lowest BCUT2D eigenvalue weighted by atomic mass is 10.0. The van der Waals surface area contributed by atoms with E-state index in [-0.39, 0.29) is 0 Å². The summed E-state index contributed by atoms with van der Waals surface area (Å²) in [5, 5.41) is 0. The lowest BCUT2D eigenvalue weighted by molar-refractivity contribution is -0.344. The van der Waals surface area contributed by atoms with Crippen LogP contribution in [0.5, 0.6) is 0 Å². The summed E-state index contributed by atoms with van der Waals surface area (Å²) in [7, 11) is 0. The van der Waals surface area contributed by atoms with Gasteiger partial charge in [0.25, 0.3) is 0 Å². The van der Waals surface area contributed by atoms with Crippen molar-refractivity contribution in [3.63, 3.8) is 0 Å². The van der Waals surface area contributed by atoms with Crippen molar-refractivity contribution in [2.75, 3.05) is 0 Å². The maximum absolute atomic E-state index is 11.6. The number of hydrogen-bond acceptors (Lipinski definition) is 0. The maximum Gasteiger partial charge on any atom is 0.214 e. The molecule has 2 aromatic carbocycles. The molecule has 0 amide bonds. The zero-order valence-electron chi connectivity index (χ0n) is 28.6. The number of benzene rings is 2. The summed E-state index contributed by atoms with van der Waals surface area (Å²) < 4.78 is 1.43. The third-order valence-corrected chi connectivity index (χ3v) is 9.09. The van der Waals surface area contributed by atoms with E-state index in [0.717, 1.165) is 47.4 Å². The van der Waals surface area contributed by atoms with Crippen LogP contribution >= 0.6 is 0 Å². The summed E-state index contributed by atoms with van der Waals surface area (Å²) in [4.78, 5) is 0. The van der Waals surface area contributed by atoms with Gasteiger partial charge in [0.05, 0.1) is 5.57 Å². The minimum Gasteiger partial charge on any atom is -0.493 e. The Kier molecular flexibility index (Phi) is 17.8. The van der Waals surface area contributed by atoms with Gasteiger partial charge in [0, 0.05) is 17.2 Å². The topological polar surface area (TPSA) is 25.3 Å². The van der Waals surface area contributed by atoms with E-state index >= 15 is 0 Å². The van der Waals surface area contributed by atoms with Crippen LogP contribution in [-0.2, 0) is 12.8 Å². The molecule has 240 valence electrons. The molecule has 2 aromatic rings. The SMILES string of the molecule is CCCCCCCCCCCCCCCCC=CC1=C(c2cccc(CCCC)c2)[N+](=[N-])C(c2cccc(CCCC)c2)=C1. The minimum absolute atomic E-state index is 0.869. The molecule has 0 unspecified atom stereocenters. The highest BCUT2D eigenvalue weighted by Crippen LogP contribution is 2.36. The van der Waals surface area contributed by atoms with Gasteiger partial charge in [-0.05, 0) is 73.9 Å². The molecule has 1 aliphatic heterocycles. The summed E-state index contributed by atoms with van der Waals surface area (Å²) in [6.07, 6.45) is 34.2. The Labute approximate surface area is 271 Å². The molecule has 0 aliphatic carbocycles. The highest BCUT2D eigenvalue weighted by Gasteiger charge is 2.28. The van der Waals surface area contributed by atoms with Crippen LogP contribution in [0.4, 0.5) is 0 Å². The maximum atomic E-state index is 11.6. The Hall–Kier alpha value is -2.74. The van der Waals surface area contributed by atoms with Crippen molar-refractivity contribution >= 4 is 11.4 Å². The van der Waals surface area contributed by atoms with Crippen molar-refractivity contribution in [2.45, 2.75) is 156 Å². The van der Waals surface area contributed by atoms with Gasteiger partial charge in [0.2, 0.25) is 11.4 Å². The lowest BCUT2D eigenvalue weighted by Crippen LogP contribution is -2.03. The first-order valence-electron chi connectivity index (χ1n) is 18.5. The van der Waals surface area contributed by atoms with Crippen molar-refractivity contribution in [1.29, 1.82) is 0 Å². The van der Waals surface area contributed by atoms with Crippen molar-refractivity contribution in [3.05, 3.63) is 100 Å². The molecule has 44 heavy (non-hydrogen) atoms. The minimum atomic E-state index is 0.869. The summed E-state index contributed by atoms with van der Waals surface area (Å²) in [5.41, 5.74) is 19.3. The molecule has 3 rings (SSSR count). The van der Waals surface area contributed by atoms with Crippen LogP contribution in [0.2, 0.25) is 0 Å². The van der Waals surface area contributed by atoms with E-state index in [0.29, 0.717) is 0 Å². The summed E-state index contributed by atoms with van der Waals surface area (Å²) in [6, 6.07) is 17.5. The van der Waals surface area contributed by atoms with E-state index < -0.39 is 0 Å². The van der Waals surface area contributed by atoms with Crippen LogP contribution < -0.4 is 0 Å². The highest BCUT2D eigenvalue weighted by molar-refractivity contribution is 5.80. The molecule has 0 spiro atoms. The predicted molar refractivity (Wildman–Crippen MR) is 193 cm³/mol. The van der Waals surface area contributed by atoms with Crippen LogP contribution in [0.25, 0.3) is 16.9 Å². The molecule has 0 radical (unpaired) electrons. The molecule has 0 fully saturated rings. The molecule has 0 N–H and O–H groups in total. The van der Waals surface area contributed by atoms with E-state index in [2.05, 4.69) is 87.5 Å². The van der Waals surface area contributed by atoms with Gasteiger partial charge in [0.15, 0.2) is 0 Å². The van der Waals surface area contributed by atoms with Crippen molar-refractivity contribution in [1.82, 2.24) is 0 Å². The zero-order chi connectivity index (χ0) is 31.2. The smallest absolute Gasteiger partial charge is 0.214 e. The fourth-order valence-corrected chi connectivity index (χ4v) is 6.33.